The normalized spacial score (nSPS) is 11.1. The molecule has 4 nitrogen and oxygen atoms in total. The highest BCUT2D eigenvalue weighted by atomic mass is 31.0. The van der Waals surface area contributed by atoms with Gasteiger partial charge in [-0.05, 0) is 37.5 Å². The predicted molar refractivity (Wildman–Crippen MR) is 97.9 cm³/mol. The van der Waals surface area contributed by atoms with E-state index in [1.165, 1.54) is 0 Å². The highest BCUT2D eigenvalue weighted by molar-refractivity contribution is 7.00. The van der Waals surface area contributed by atoms with Crippen LogP contribution in [-0.2, 0) is 14.1 Å². The average Bonchev–Trinajstić information content (AvgIpc) is 2.58. The fourth-order valence-electron chi connectivity index (χ4n) is 2.61. The van der Waals surface area contributed by atoms with Crippen LogP contribution in [0.1, 0.15) is 39.9 Å². The number of ether oxygens (including phenoxy) is 1. The zero-order chi connectivity index (χ0) is 18.1. The first-order valence-corrected chi connectivity index (χ1v) is 8.24. The molecule has 0 saturated carbocycles. The molecule has 128 valence electrons. The van der Waals surface area contributed by atoms with Crippen molar-refractivity contribution in [3.05, 3.63) is 70.8 Å². The van der Waals surface area contributed by atoms with E-state index in [0.717, 1.165) is 11.1 Å². The summed E-state index contributed by atoms with van der Waals surface area (Å²) in [7, 11) is 0.611. The summed E-state index contributed by atoms with van der Waals surface area (Å²) in [6.07, 6.45) is 0. The van der Waals surface area contributed by atoms with E-state index in [4.69, 9.17) is 9.30 Å². The lowest BCUT2D eigenvalue weighted by Crippen LogP contribution is -2.25. The van der Waals surface area contributed by atoms with E-state index in [-0.39, 0.29) is 12.4 Å². The molecule has 2 rings (SSSR count). The Morgan fingerprint density at radius 3 is 2.00 bits per heavy atom. The van der Waals surface area contributed by atoms with Crippen LogP contribution in [0.2, 0.25) is 0 Å². The Balaban J connectivity index is 0.00000139. The van der Waals surface area contributed by atoms with Crippen molar-refractivity contribution < 1.29 is 18.9 Å². The minimum atomic E-state index is -0.916. The number of ketones is 1. The molecular weight excluding hydrogens is 323 g/mol. The minimum absolute atomic E-state index is 0.208. The van der Waals surface area contributed by atoms with E-state index in [1.54, 1.807) is 19.1 Å². The van der Waals surface area contributed by atoms with Gasteiger partial charge in [0.25, 0.3) is 0 Å². The zero-order valence-electron chi connectivity index (χ0n) is 14.2. The molecule has 0 aliphatic carbocycles. The second-order valence-electron chi connectivity index (χ2n) is 5.23. The summed E-state index contributed by atoms with van der Waals surface area (Å²) in [5, 5.41) is 0. The van der Waals surface area contributed by atoms with Gasteiger partial charge in [-0.2, -0.15) is 0 Å². The van der Waals surface area contributed by atoms with Gasteiger partial charge in [-0.3, -0.25) is 9.59 Å². The summed E-state index contributed by atoms with van der Waals surface area (Å²) in [6, 6.07) is 14.7. The van der Waals surface area contributed by atoms with Gasteiger partial charge in [0.2, 0.25) is 0 Å². The van der Waals surface area contributed by atoms with Crippen molar-refractivity contribution in [2.75, 3.05) is 6.61 Å². The number of carbonyl (C=O) groups is 2. The Bertz CT molecular complexity index is 678. The lowest BCUT2D eigenvalue weighted by atomic mass is 9.87. The van der Waals surface area contributed by atoms with Crippen LogP contribution in [0.4, 0.5) is 0 Å². The first-order chi connectivity index (χ1) is 11.6. The van der Waals surface area contributed by atoms with Gasteiger partial charge in [-0.25, -0.2) is 0 Å². The van der Waals surface area contributed by atoms with Crippen LogP contribution in [0.3, 0.4) is 0 Å². The molecule has 2 aromatic rings. The van der Waals surface area contributed by atoms with Crippen molar-refractivity contribution in [1.82, 2.24) is 0 Å². The van der Waals surface area contributed by atoms with E-state index in [9.17, 15) is 9.59 Å². The van der Waals surface area contributed by atoms with Gasteiger partial charge < -0.3 is 9.30 Å². The number of hydrogen-bond acceptors (Lipinski definition) is 4. The van der Waals surface area contributed by atoms with E-state index in [0.29, 0.717) is 20.2 Å². The molecule has 0 saturated heterocycles. The number of Topliss-reactive ketones (excluding diaryl/α,β-unsaturated/α-hetero) is 1. The molecule has 2 aromatic carbocycles. The molecule has 0 N–H and O–H groups in total. The molecule has 2 atom stereocenters. The topological polar surface area (TPSA) is 60.4 Å². The molecule has 0 aromatic heterocycles. The minimum Gasteiger partial charge on any atom is -0.465 e. The molecule has 0 aliphatic heterocycles. The van der Waals surface area contributed by atoms with E-state index < -0.39 is 11.9 Å². The highest BCUT2D eigenvalue weighted by Crippen LogP contribution is 2.26. The van der Waals surface area contributed by atoms with E-state index in [2.05, 4.69) is 0 Å². The van der Waals surface area contributed by atoms with Crippen LogP contribution in [0.25, 0.3) is 0 Å². The van der Waals surface area contributed by atoms with Crippen LogP contribution in [-0.4, -0.2) is 18.4 Å². The number of carbonyl (C=O) groups excluding carboxylic acids is 2. The summed E-state index contributed by atoms with van der Waals surface area (Å²) < 4.78 is 13.4. The Labute approximate surface area is 144 Å². The molecule has 2 unspecified atom stereocenters. The third-order valence-corrected chi connectivity index (χ3v) is 3.64. The lowest BCUT2D eigenvalue weighted by molar-refractivity contribution is -0.143. The fourth-order valence-corrected chi connectivity index (χ4v) is 2.61. The average molecular weight is 346 g/mol. The van der Waals surface area contributed by atoms with Gasteiger partial charge in [0, 0.05) is 5.56 Å². The standard InChI is InChI=1S/C19H20O3.H3OP/c1-4-22-19(21)17(15-11-6-5-7-12-15)18(20)16-13(2)9-8-10-14(16)3;1-2/h5-12,17H,4H2,1-3H3;2H3. The summed E-state index contributed by atoms with van der Waals surface area (Å²) in [6.45, 7) is 5.76. The maximum absolute atomic E-state index is 13.0. The number of esters is 1. The third kappa shape index (κ3) is 4.65. The SMILES string of the molecule is CCOC(=O)C(C(=O)c1c(C)cccc1C)c1ccccc1.O=[PH3]. The van der Waals surface area contributed by atoms with Gasteiger partial charge in [0.15, 0.2) is 5.78 Å². The van der Waals surface area contributed by atoms with Crippen molar-refractivity contribution in [2.24, 2.45) is 0 Å². The highest BCUT2D eigenvalue weighted by Gasteiger charge is 2.32. The molecule has 0 fully saturated rings. The van der Waals surface area contributed by atoms with Gasteiger partial charge in [-0.15, -0.1) is 0 Å². The predicted octanol–water partition coefficient (Wildman–Crippen LogP) is 3.77. The van der Waals surface area contributed by atoms with Crippen LogP contribution in [0, 0.1) is 13.8 Å². The molecule has 0 bridgehead atoms. The summed E-state index contributed by atoms with van der Waals surface area (Å²) in [4.78, 5) is 25.3. The second-order valence-corrected chi connectivity index (χ2v) is 5.23. The smallest absolute Gasteiger partial charge is 0.321 e. The summed E-state index contributed by atoms with van der Waals surface area (Å²) >= 11 is 0. The van der Waals surface area contributed by atoms with Gasteiger partial charge in [0.1, 0.15) is 5.92 Å². The molecular formula is C19H23O4P. The molecule has 0 aliphatic rings. The quantitative estimate of drug-likeness (QED) is 0.358. The Kier molecular flexibility index (Phi) is 8.14. The van der Waals surface area contributed by atoms with E-state index in [1.807, 2.05) is 50.2 Å². The molecule has 0 heterocycles. The van der Waals surface area contributed by atoms with Crippen LogP contribution >= 0.6 is 9.12 Å². The Morgan fingerprint density at radius 1 is 0.958 bits per heavy atom. The van der Waals surface area contributed by atoms with Crippen LogP contribution < -0.4 is 0 Å². The fraction of sp³-hybridized carbons (Fsp3) is 0.263. The molecule has 0 spiro atoms. The molecule has 5 heteroatoms. The van der Waals surface area contributed by atoms with Gasteiger partial charge >= 0.3 is 5.97 Å². The monoisotopic (exact) mass is 346 g/mol. The molecule has 0 radical (unpaired) electrons. The summed E-state index contributed by atoms with van der Waals surface area (Å²) in [5.41, 5.74) is 3.00. The van der Waals surface area contributed by atoms with Crippen molar-refractivity contribution in [3.8, 4) is 0 Å². The third-order valence-electron chi connectivity index (χ3n) is 3.64. The van der Waals surface area contributed by atoms with Crippen molar-refractivity contribution >= 4 is 20.9 Å². The Morgan fingerprint density at radius 2 is 1.50 bits per heavy atom. The van der Waals surface area contributed by atoms with Gasteiger partial charge in [-0.1, -0.05) is 48.5 Å². The van der Waals surface area contributed by atoms with Crippen molar-refractivity contribution in [3.63, 3.8) is 0 Å². The summed E-state index contributed by atoms with van der Waals surface area (Å²) in [5.74, 6) is -1.62. The first kappa shape index (κ1) is 19.9. The van der Waals surface area contributed by atoms with Crippen LogP contribution in [0.15, 0.2) is 48.5 Å². The van der Waals surface area contributed by atoms with Crippen LogP contribution in [0.5, 0.6) is 0 Å². The largest absolute Gasteiger partial charge is 0.465 e. The van der Waals surface area contributed by atoms with Gasteiger partial charge in [0.05, 0.1) is 15.7 Å². The Hall–Kier alpha value is -2.19. The maximum atomic E-state index is 13.0. The molecule has 0 amide bonds. The van der Waals surface area contributed by atoms with Crippen molar-refractivity contribution in [1.29, 1.82) is 0 Å². The lowest BCUT2D eigenvalue weighted by Gasteiger charge is -2.17. The second kappa shape index (κ2) is 9.84. The first-order valence-electron chi connectivity index (χ1n) is 7.67. The number of benzene rings is 2. The number of hydrogen-bond donors (Lipinski definition) is 0. The van der Waals surface area contributed by atoms with Crippen molar-refractivity contribution in [2.45, 2.75) is 26.7 Å². The maximum Gasteiger partial charge on any atom is 0.321 e. The number of rotatable bonds is 5. The van der Waals surface area contributed by atoms with E-state index >= 15 is 0 Å². The zero-order valence-corrected chi connectivity index (χ0v) is 15.7. The molecule has 24 heavy (non-hydrogen) atoms. The number of aryl methyl sites for hydroxylation is 2.